The number of aromatic amines is 1. The molecule has 5 rings (SSSR count). The van der Waals surface area contributed by atoms with Gasteiger partial charge in [-0.25, -0.2) is 0 Å². The van der Waals surface area contributed by atoms with E-state index in [0.29, 0.717) is 28.1 Å². The monoisotopic (exact) mass is 445 g/mol. The lowest BCUT2D eigenvalue weighted by molar-refractivity contribution is -0.115. The number of benzene rings is 1. The fourth-order valence-corrected chi connectivity index (χ4v) is 6.22. The largest absolute Gasteiger partial charge is 0.486 e. The molecule has 0 bridgehead atoms. The molecule has 29 heavy (non-hydrogen) atoms. The van der Waals surface area contributed by atoms with Crippen LogP contribution in [-0.2, 0) is 11.4 Å². The topological polar surface area (TPSA) is 80.1 Å². The molecular formula is C20H17Cl2N3O3Si. The minimum absolute atomic E-state index is 0.139. The number of rotatable bonds is 4. The van der Waals surface area contributed by atoms with Crippen molar-refractivity contribution in [3.8, 4) is 5.75 Å². The molecule has 1 unspecified atom stereocenters. The van der Waals surface area contributed by atoms with Crippen LogP contribution < -0.4 is 15.4 Å². The Bertz CT molecular complexity index is 1140. The van der Waals surface area contributed by atoms with Crippen LogP contribution in [0.4, 0.5) is 0 Å². The van der Waals surface area contributed by atoms with Gasteiger partial charge < -0.3 is 14.5 Å². The lowest BCUT2D eigenvalue weighted by Crippen LogP contribution is -2.43. The predicted octanol–water partition coefficient (Wildman–Crippen LogP) is 2.25. The summed E-state index contributed by atoms with van der Waals surface area (Å²) in [7, 11) is -0.743. The van der Waals surface area contributed by atoms with Crippen LogP contribution in [-0.4, -0.2) is 38.6 Å². The van der Waals surface area contributed by atoms with Gasteiger partial charge in [-0.05, 0) is 24.3 Å². The molecule has 0 saturated carbocycles. The third kappa shape index (κ3) is 3.44. The van der Waals surface area contributed by atoms with Gasteiger partial charge in [-0.2, -0.15) is 5.10 Å². The molecule has 2 aromatic heterocycles. The van der Waals surface area contributed by atoms with E-state index in [2.05, 4.69) is 15.5 Å². The van der Waals surface area contributed by atoms with E-state index in [1.807, 2.05) is 18.3 Å². The number of ether oxygens (including phenoxy) is 1. The van der Waals surface area contributed by atoms with Crippen molar-refractivity contribution >= 4 is 43.8 Å². The van der Waals surface area contributed by atoms with Crippen LogP contribution in [0.5, 0.6) is 5.75 Å². The second kappa shape index (κ2) is 7.49. The normalized spacial score (nSPS) is 19.4. The minimum atomic E-state index is -0.743. The number of furan rings is 1. The molecule has 3 aromatic rings. The molecule has 1 aromatic carbocycles. The van der Waals surface area contributed by atoms with Gasteiger partial charge in [-0.15, -0.1) is 0 Å². The zero-order valence-electron chi connectivity index (χ0n) is 15.3. The summed E-state index contributed by atoms with van der Waals surface area (Å²) in [5.41, 5.74) is 1.94. The Morgan fingerprint density at radius 1 is 1.21 bits per heavy atom. The molecule has 0 aliphatic carbocycles. The second-order valence-electron chi connectivity index (χ2n) is 7.11. The van der Waals surface area contributed by atoms with E-state index in [1.165, 1.54) is 5.20 Å². The van der Waals surface area contributed by atoms with E-state index in [4.69, 9.17) is 32.4 Å². The van der Waals surface area contributed by atoms with Crippen LogP contribution >= 0.6 is 23.2 Å². The molecule has 0 amide bonds. The van der Waals surface area contributed by atoms with Gasteiger partial charge in [0.1, 0.15) is 33.4 Å². The molecule has 9 heteroatoms. The van der Waals surface area contributed by atoms with Crippen molar-refractivity contribution in [3.05, 3.63) is 74.4 Å². The zero-order chi connectivity index (χ0) is 20.0. The van der Waals surface area contributed by atoms with Crippen LogP contribution in [0, 0.1) is 0 Å². The first kappa shape index (κ1) is 18.7. The van der Waals surface area contributed by atoms with Gasteiger partial charge in [0.25, 0.3) is 0 Å². The molecular weight excluding hydrogens is 429 g/mol. The average molecular weight is 446 g/mol. The predicted molar refractivity (Wildman–Crippen MR) is 113 cm³/mol. The molecule has 2 aliphatic rings. The van der Waals surface area contributed by atoms with E-state index >= 15 is 0 Å². The number of halogens is 2. The minimum Gasteiger partial charge on any atom is -0.486 e. The Balaban J connectivity index is 1.42. The van der Waals surface area contributed by atoms with Crippen LogP contribution in [0.1, 0.15) is 23.0 Å². The standard InChI is InChI=1S/C20H17Cl2N3O3Si/c21-13-3-1-10(5-14(13)22)27-9-11-2-4-16(28-11)18-12-6-24-25-20(12)29-17-8-23-7-15(26)19(17)18/h1-6,18,23H,7-9,29H2,(H,24,25). The van der Waals surface area contributed by atoms with Gasteiger partial charge in [0, 0.05) is 35.3 Å². The van der Waals surface area contributed by atoms with Crippen molar-refractivity contribution in [2.24, 2.45) is 0 Å². The van der Waals surface area contributed by atoms with Crippen molar-refractivity contribution in [3.63, 3.8) is 0 Å². The SMILES string of the molecule is O=C1CNCC2=C1C(c1ccc(COc3ccc(Cl)c(Cl)c3)o1)c1c[nH]nc1[SiH2]2. The van der Waals surface area contributed by atoms with Gasteiger partial charge in [0.2, 0.25) is 0 Å². The fourth-order valence-electron chi connectivity index (χ4n) is 3.96. The Hall–Kier alpha value is -2.32. The van der Waals surface area contributed by atoms with Gasteiger partial charge in [0.05, 0.1) is 22.5 Å². The summed E-state index contributed by atoms with van der Waals surface area (Å²) in [5.74, 6) is 1.94. The van der Waals surface area contributed by atoms with Crippen molar-refractivity contribution in [2.45, 2.75) is 12.5 Å². The third-order valence-electron chi connectivity index (χ3n) is 5.28. The van der Waals surface area contributed by atoms with E-state index in [9.17, 15) is 4.79 Å². The molecule has 2 aliphatic heterocycles. The molecule has 1 atom stereocenters. The lowest BCUT2D eigenvalue weighted by Gasteiger charge is -2.29. The number of carbonyl (C=O) groups excluding carboxylic acids is 1. The lowest BCUT2D eigenvalue weighted by atomic mass is 9.86. The number of aromatic nitrogens is 2. The first-order valence-corrected chi connectivity index (χ1v) is 11.4. The summed E-state index contributed by atoms with van der Waals surface area (Å²) >= 11 is 12.0. The Morgan fingerprint density at radius 2 is 2.10 bits per heavy atom. The maximum atomic E-state index is 12.7. The number of hydrogen-bond acceptors (Lipinski definition) is 5. The number of carbonyl (C=O) groups is 1. The Kier molecular flexibility index (Phi) is 4.83. The maximum absolute atomic E-state index is 12.7. The fraction of sp³-hybridized carbons (Fsp3) is 0.200. The summed E-state index contributed by atoms with van der Waals surface area (Å²) in [5, 5.41) is 13.8. The van der Waals surface area contributed by atoms with Gasteiger partial charge in [-0.1, -0.05) is 28.4 Å². The molecule has 0 spiro atoms. The van der Waals surface area contributed by atoms with Gasteiger partial charge in [0.15, 0.2) is 5.78 Å². The first-order chi connectivity index (χ1) is 14.1. The number of hydrogen-bond donors (Lipinski definition) is 2. The van der Waals surface area contributed by atoms with E-state index < -0.39 is 9.52 Å². The molecule has 6 nitrogen and oxygen atoms in total. The van der Waals surface area contributed by atoms with Crippen LogP contribution in [0.25, 0.3) is 0 Å². The smallest absolute Gasteiger partial charge is 0.173 e. The summed E-state index contributed by atoms with van der Waals surface area (Å²) in [4.78, 5) is 12.7. The summed E-state index contributed by atoms with van der Waals surface area (Å²) in [6.07, 6.45) is 1.89. The number of nitrogens with zero attached hydrogens (tertiary/aromatic N) is 1. The van der Waals surface area contributed by atoms with Crippen LogP contribution in [0.2, 0.25) is 10.0 Å². The molecule has 0 radical (unpaired) electrons. The van der Waals surface area contributed by atoms with Crippen LogP contribution in [0.3, 0.4) is 0 Å². The van der Waals surface area contributed by atoms with Crippen LogP contribution in [0.15, 0.2) is 51.7 Å². The number of ketones is 1. The highest BCUT2D eigenvalue weighted by atomic mass is 35.5. The van der Waals surface area contributed by atoms with Gasteiger partial charge >= 0.3 is 0 Å². The number of fused-ring (bicyclic) bond motifs is 1. The summed E-state index contributed by atoms with van der Waals surface area (Å²) < 4.78 is 11.9. The number of Topliss-reactive ketones (excluding diaryl/α,β-unsaturated/α-hetero) is 1. The quantitative estimate of drug-likeness (QED) is 0.601. The van der Waals surface area contributed by atoms with Crippen molar-refractivity contribution in [1.82, 2.24) is 15.5 Å². The van der Waals surface area contributed by atoms with E-state index in [1.54, 1.807) is 18.2 Å². The molecule has 0 fully saturated rings. The first-order valence-electron chi connectivity index (χ1n) is 9.25. The van der Waals surface area contributed by atoms with Gasteiger partial charge in [-0.3, -0.25) is 9.89 Å². The van der Waals surface area contributed by atoms with Crippen molar-refractivity contribution in [1.29, 1.82) is 0 Å². The highest BCUT2D eigenvalue weighted by molar-refractivity contribution is 6.62. The van der Waals surface area contributed by atoms with E-state index in [-0.39, 0.29) is 18.3 Å². The number of nitrogens with one attached hydrogen (secondary N) is 2. The highest BCUT2D eigenvalue weighted by Gasteiger charge is 2.37. The third-order valence-corrected chi connectivity index (χ3v) is 7.98. The molecule has 2 N–H and O–H groups in total. The average Bonchev–Trinajstić information content (AvgIpc) is 3.37. The second-order valence-corrected chi connectivity index (χ2v) is 9.80. The molecule has 4 heterocycles. The highest BCUT2D eigenvalue weighted by Crippen LogP contribution is 2.37. The Labute approximate surface area is 179 Å². The van der Waals surface area contributed by atoms with Crippen molar-refractivity contribution in [2.75, 3.05) is 13.1 Å². The summed E-state index contributed by atoms with van der Waals surface area (Å²) in [6, 6.07) is 8.91. The van der Waals surface area contributed by atoms with Crippen molar-refractivity contribution < 1.29 is 13.9 Å². The summed E-state index contributed by atoms with van der Waals surface area (Å²) in [6.45, 7) is 1.37. The maximum Gasteiger partial charge on any atom is 0.173 e. The molecule has 0 saturated heterocycles. The van der Waals surface area contributed by atoms with E-state index in [0.717, 1.165) is 28.8 Å². The Morgan fingerprint density at radius 3 is 2.97 bits per heavy atom. The molecule has 148 valence electrons. The number of H-pyrrole nitrogens is 1. The zero-order valence-corrected chi connectivity index (χ0v) is 18.2.